The fourth-order valence-electron chi connectivity index (χ4n) is 2.36. The van der Waals surface area contributed by atoms with Crippen molar-refractivity contribution in [2.45, 2.75) is 0 Å². The predicted octanol–water partition coefficient (Wildman–Crippen LogP) is 2.83. The number of nitro groups is 2. The summed E-state index contributed by atoms with van der Waals surface area (Å²) in [6, 6.07) is 8.18. The predicted molar refractivity (Wildman–Crippen MR) is 86.2 cm³/mol. The molecule has 1 heterocycles. The number of hydrogen-bond acceptors (Lipinski definition) is 7. The number of nitrogens with one attached hydrogen (secondary N) is 1. The van der Waals surface area contributed by atoms with Gasteiger partial charge >= 0.3 is 17.3 Å². The van der Waals surface area contributed by atoms with E-state index in [1.165, 1.54) is 25.3 Å². The number of nitro benzene ring substituents is 2. The van der Waals surface area contributed by atoms with Gasteiger partial charge in [0.1, 0.15) is 5.82 Å². The second-order valence-corrected chi connectivity index (χ2v) is 5.03. The molecule has 0 saturated carbocycles. The number of carbonyl (C=O) groups is 1. The average Bonchev–Trinajstić information content (AvgIpc) is 3.03. The van der Waals surface area contributed by atoms with Crippen molar-refractivity contribution in [1.29, 1.82) is 0 Å². The minimum atomic E-state index is -0.820. The Morgan fingerprint density at radius 1 is 1.08 bits per heavy atom. The van der Waals surface area contributed by atoms with E-state index in [1.807, 2.05) is 0 Å². The van der Waals surface area contributed by atoms with Gasteiger partial charge in [-0.2, -0.15) is 0 Å². The number of hydrogen-bond donors (Lipinski definition) is 1. The summed E-state index contributed by atoms with van der Waals surface area (Å²) >= 11 is 0. The fourth-order valence-corrected chi connectivity index (χ4v) is 2.36. The average molecular weight is 342 g/mol. The number of esters is 1. The number of aromatic nitrogens is 2. The Hall–Kier alpha value is -3.82. The maximum absolute atomic E-state index is 11.6. The molecule has 126 valence electrons. The van der Waals surface area contributed by atoms with Crippen molar-refractivity contribution in [3.63, 3.8) is 0 Å². The molecule has 0 radical (unpaired) electrons. The van der Waals surface area contributed by atoms with Crippen LogP contribution in [0, 0.1) is 20.2 Å². The van der Waals surface area contributed by atoms with Gasteiger partial charge in [0.25, 0.3) is 0 Å². The normalized spacial score (nSPS) is 10.6. The number of H-pyrrole nitrogens is 1. The summed E-state index contributed by atoms with van der Waals surface area (Å²) in [5.74, 6) is -0.223. The van der Waals surface area contributed by atoms with E-state index >= 15 is 0 Å². The van der Waals surface area contributed by atoms with Crippen molar-refractivity contribution >= 4 is 28.4 Å². The molecule has 0 amide bonds. The molecule has 0 bridgehead atoms. The molecule has 1 N–H and O–H groups in total. The highest BCUT2D eigenvalue weighted by molar-refractivity contribution is 5.94. The van der Waals surface area contributed by atoms with Crippen molar-refractivity contribution < 1.29 is 19.4 Å². The van der Waals surface area contributed by atoms with Gasteiger partial charge in [0, 0.05) is 17.7 Å². The smallest absolute Gasteiger partial charge is 0.346 e. The molecule has 3 aromatic rings. The van der Waals surface area contributed by atoms with E-state index in [0.717, 1.165) is 12.1 Å². The highest BCUT2D eigenvalue weighted by atomic mass is 16.6. The highest BCUT2D eigenvalue weighted by Crippen LogP contribution is 2.31. The van der Waals surface area contributed by atoms with Crippen LogP contribution in [0.4, 0.5) is 11.4 Å². The number of fused-ring (bicyclic) bond motifs is 1. The maximum atomic E-state index is 11.6. The standard InChI is InChI=1S/C15H10N4O6/c1-25-15(20)9-2-4-10-11(6-9)17-14(16-10)8-3-5-12(18(21)22)13(7-8)19(23)24/h2-7H,1H3,(H,16,17). The number of aromatic amines is 1. The van der Waals surface area contributed by atoms with Gasteiger partial charge in [-0.15, -0.1) is 0 Å². The zero-order chi connectivity index (χ0) is 18.1. The van der Waals surface area contributed by atoms with Crippen LogP contribution in [-0.2, 0) is 4.74 Å². The lowest BCUT2D eigenvalue weighted by Crippen LogP contribution is -2.00. The topological polar surface area (TPSA) is 141 Å². The number of carbonyl (C=O) groups excluding carboxylic acids is 1. The Morgan fingerprint density at radius 3 is 2.44 bits per heavy atom. The van der Waals surface area contributed by atoms with Gasteiger partial charge in [-0.3, -0.25) is 20.2 Å². The van der Waals surface area contributed by atoms with E-state index in [2.05, 4.69) is 14.7 Å². The highest BCUT2D eigenvalue weighted by Gasteiger charge is 2.25. The minimum Gasteiger partial charge on any atom is -0.465 e. The van der Waals surface area contributed by atoms with Gasteiger partial charge in [-0.25, -0.2) is 9.78 Å². The van der Waals surface area contributed by atoms with Crippen LogP contribution in [0.1, 0.15) is 10.4 Å². The van der Waals surface area contributed by atoms with Crippen molar-refractivity contribution in [3.05, 3.63) is 62.2 Å². The third-order valence-corrected chi connectivity index (χ3v) is 3.55. The van der Waals surface area contributed by atoms with Gasteiger partial charge in [0.15, 0.2) is 0 Å². The summed E-state index contributed by atoms with van der Waals surface area (Å²) in [6.07, 6.45) is 0. The Balaban J connectivity index is 2.10. The van der Waals surface area contributed by atoms with Crippen LogP contribution < -0.4 is 0 Å². The molecular weight excluding hydrogens is 332 g/mol. The molecule has 10 heteroatoms. The zero-order valence-corrected chi connectivity index (χ0v) is 12.8. The number of methoxy groups -OCH3 is 1. The van der Waals surface area contributed by atoms with Crippen molar-refractivity contribution in [2.75, 3.05) is 7.11 Å². The van der Waals surface area contributed by atoms with Crippen LogP contribution in [0.15, 0.2) is 36.4 Å². The van der Waals surface area contributed by atoms with Crippen molar-refractivity contribution in [1.82, 2.24) is 9.97 Å². The molecule has 3 rings (SSSR count). The summed E-state index contributed by atoms with van der Waals surface area (Å²) < 4.78 is 4.64. The van der Waals surface area contributed by atoms with E-state index in [4.69, 9.17) is 0 Å². The summed E-state index contributed by atoms with van der Waals surface area (Å²) in [6.45, 7) is 0. The molecule has 0 atom stereocenters. The van der Waals surface area contributed by atoms with Gasteiger partial charge in [0.05, 0.1) is 33.6 Å². The Bertz CT molecular complexity index is 1030. The number of ether oxygens (including phenoxy) is 1. The zero-order valence-electron chi connectivity index (χ0n) is 12.8. The van der Waals surface area contributed by atoms with Crippen LogP contribution in [-0.4, -0.2) is 32.9 Å². The number of imidazole rings is 1. The number of rotatable bonds is 4. The van der Waals surface area contributed by atoms with Gasteiger partial charge in [0.2, 0.25) is 0 Å². The third kappa shape index (κ3) is 2.87. The SMILES string of the molecule is COC(=O)c1ccc2nc(-c3ccc([N+](=O)[O-])c([N+](=O)[O-])c3)[nH]c2c1. The Morgan fingerprint density at radius 2 is 1.80 bits per heavy atom. The third-order valence-electron chi connectivity index (χ3n) is 3.55. The molecule has 0 saturated heterocycles. The first-order valence-corrected chi connectivity index (χ1v) is 6.92. The largest absolute Gasteiger partial charge is 0.465 e. The number of nitrogens with zero attached hydrogens (tertiary/aromatic N) is 3. The van der Waals surface area contributed by atoms with Crippen molar-refractivity contribution in [3.8, 4) is 11.4 Å². The molecule has 0 aliphatic carbocycles. The maximum Gasteiger partial charge on any atom is 0.346 e. The first-order chi connectivity index (χ1) is 11.9. The molecule has 25 heavy (non-hydrogen) atoms. The summed E-state index contributed by atoms with van der Waals surface area (Å²) in [4.78, 5) is 39.1. The monoisotopic (exact) mass is 342 g/mol. The first kappa shape index (κ1) is 16.1. The van der Waals surface area contributed by atoms with Crippen LogP contribution in [0.3, 0.4) is 0 Å². The molecule has 2 aromatic carbocycles. The molecule has 0 fully saturated rings. The quantitative estimate of drug-likeness (QED) is 0.436. The lowest BCUT2D eigenvalue weighted by Gasteiger charge is -1.98. The van der Waals surface area contributed by atoms with Crippen LogP contribution >= 0.6 is 0 Å². The van der Waals surface area contributed by atoms with Crippen LogP contribution in [0.5, 0.6) is 0 Å². The second-order valence-electron chi connectivity index (χ2n) is 5.03. The van der Waals surface area contributed by atoms with E-state index in [1.54, 1.807) is 6.07 Å². The summed E-state index contributed by atoms with van der Waals surface area (Å²) in [7, 11) is 1.26. The van der Waals surface area contributed by atoms with Crippen LogP contribution in [0.2, 0.25) is 0 Å². The molecule has 0 unspecified atom stereocenters. The van der Waals surface area contributed by atoms with Crippen LogP contribution in [0.25, 0.3) is 22.4 Å². The Kier molecular flexibility index (Phi) is 3.85. The molecule has 10 nitrogen and oxygen atoms in total. The number of benzene rings is 2. The Labute approximate surface area is 139 Å². The molecule has 1 aromatic heterocycles. The van der Waals surface area contributed by atoms with Gasteiger partial charge < -0.3 is 9.72 Å². The molecule has 0 aliphatic rings. The lowest BCUT2D eigenvalue weighted by molar-refractivity contribution is -0.422. The van der Waals surface area contributed by atoms with E-state index in [0.29, 0.717) is 22.2 Å². The fraction of sp³-hybridized carbons (Fsp3) is 0.0667. The minimum absolute atomic E-state index is 0.287. The van der Waals surface area contributed by atoms with Gasteiger partial charge in [-0.1, -0.05) is 0 Å². The summed E-state index contributed by atoms with van der Waals surface area (Å²) in [5, 5.41) is 21.9. The van der Waals surface area contributed by atoms with Crippen molar-refractivity contribution in [2.24, 2.45) is 0 Å². The lowest BCUT2D eigenvalue weighted by atomic mass is 10.1. The molecule has 0 aliphatic heterocycles. The van der Waals surface area contributed by atoms with E-state index < -0.39 is 27.2 Å². The first-order valence-electron chi connectivity index (χ1n) is 6.92. The van der Waals surface area contributed by atoms with E-state index in [-0.39, 0.29) is 5.82 Å². The second kappa shape index (κ2) is 6.00. The molecule has 0 spiro atoms. The molecular formula is C15H10N4O6. The van der Waals surface area contributed by atoms with E-state index in [9.17, 15) is 25.0 Å². The summed E-state index contributed by atoms with van der Waals surface area (Å²) in [5.41, 5.74) is 0.464. The van der Waals surface area contributed by atoms with Gasteiger partial charge in [-0.05, 0) is 24.3 Å².